The van der Waals surface area contributed by atoms with Gasteiger partial charge in [0.1, 0.15) is 5.82 Å². The lowest BCUT2D eigenvalue weighted by atomic mass is 10.1. The van der Waals surface area contributed by atoms with Gasteiger partial charge in [-0.1, -0.05) is 19.4 Å². The summed E-state index contributed by atoms with van der Waals surface area (Å²) in [6.45, 7) is 2.07. The first-order valence-corrected chi connectivity index (χ1v) is 4.50. The lowest BCUT2D eigenvalue weighted by Gasteiger charge is -2.02. The highest BCUT2D eigenvalue weighted by Crippen LogP contribution is 2.03. The van der Waals surface area contributed by atoms with Gasteiger partial charge in [0.15, 0.2) is 0 Å². The predicted octanol–water partition coefficient (Wildman–Crippen LogP) is 2.03. The van der Waals surface area contributed by atoms with Crippen LogP contribution in [0.3, 0.4) is 0 Å². The molecule has 0 radical (unpaired) electrons. The van der Waals surface area contributed by atoms with E-state index in [0.717, 1.165) is 24.2 Å². The summed E-state index contributed by atoms with van der Waals surface area (Å²) in [5.41, 5.74) is 7.14. The van der Waals surface area contributed by atoms with E-state index in [2.05, 4.69) is 11.9 Å². The Kier molecular flexibility index (Phi) is 3.43. The molecule has 0 aliphatic rings. The Morgan fingerprint density at radius 1 is 1.54 bits per heavy atom. The number of rotatable bonds is 4. The Morgan fingerprint density at radius 3 is 2.92 bits per heavy atom. The highest BCUT2D eigenvalue weighted by Gasteiger charge is 1.99. The van der Waals surface area contributed by atoms with E-state index in [-0.39, 0.29) is 0 Å². The van der Waals surface area contributed by atoms with Crippen LogP contribution in [0, 0.1) is 5.41 Å². The Morgan fingerprint density at radius 2 is 2.31 bits per heavy atom. The molecule has 0 spiro atoms. The lowest BCUT2D eigenvalue weighted by Crippen LogP contribution is -2.03. The fraction of sp³-hybridized carbons (Fsp3) is 0.400. The van der Waals surface area contributed by atoms with Gasteiger partial charge in [0.2, 0.25) is 0 Å². The highest BCUT2D eigenvalue weighted by atomic mass is 14.8. The van der Waals surface area contributed by atoms with Crippen molar-refractivity contribution >= 4 is 11.5 Å². The second-order valence-corrected chi connectivity index (χ2v) is 3.08. The minimum Gasteiger partial charge on any atom is -0.384 e. The van der Waals surface area contributed by atoms with E-state index in [9.17, 15) is 0 Å². The molecule has 3 nitrogen and oxygen atoms in total. The third kappa shape index (κ3) is 3.23. The molecule has 3 N–H and O–H groups in total. The Labute approximate surface area is 78.5 Å². The molecule has 3 heteroatoms. The number of aromatic nitrogens is 1. The smallest absolute Gasteiger partial charge is 0.123 e. The third-order valence-electron chi connectivity index (χ3n) is 1.77. The van der Waals surface area contributed by atoms with Gasteiger partial charge in [0.05, 0.1) is 0 Å². The van der Waals surface area contributed by atoms with Gasteiger partial charge >= 0.3 is 0 Å². The molecule has 13 heavy (non-hydrogen) atoms. The average molecular weight is 177 g/mol. The van der Waals surface area contributed by atoms with Crippen molar-refractivity contribution < 1.29 is 0 Å². The maximum absolute atomic E-state index is 7.62. The molecule has 70 valence electrons. The number of nitrogen functional groups attached to an aromatic ring is 1. The van der Waals surface area contributed by atoms with Gasteiger partial charge in [0, 0.05) is 17.8 Å². The summed E-state index contributed by atoms with van der Waals surface area (Å²) >= 11 is 0. The standard InChI is InChI=1S/C10H15N3/c1-2-4-8(11)7-9-5-3-6-10(12)13-9/h3,5-6,11H,2,4,7H2,1H3,(H2,12,13). The Balaban J connectivity index is 2.58. The van der Waals surface area contributed by atoms with Gasteiger partial charge in [-0.25, -0.2) is 4.98 Å². The van der Waals surface area contributed by atoms with Gasteiger partial charge in [0.25, 0.3) is 0 Å². The van der Waals surface area contributed by atoms with E-state index < -0.39 is 0 Å². The zero-order valence-corrected chi connectivity index (χ0v) is 7.88. The second-order valence-electron chi connectivity index (χ2n) is 3.08. The van der Waals surface area contributed by atoms with Crippen LogP contribution in [0.1, 0.15) is 25.5 Å². The number of nitrogens with one attached hydrogen (secondary N) is 1. The van der Waals surface area contributed by atoms with Gasteiger partial charge < -0.3 is 11.1 Å². The first-order chi connectivity index (χ1) is 6.22. The molecule has 0 unspecified atom stereocenters. The van der Waals surface area contributed by atoms with Crippen LogP contribution < -0.4 is 5.73 Å². The summed E-state index contributed by atoms with van der Waals surface area (Å²) in [5.74, 6) is 0.529. The molecular formula is C10H15N3. The van der Waals surface area contributed by atoms with Crippen LogP contribution in [0.2, 0.25) is 0 Å². The zero-order valence-electron chi connectivity index (χ0n) is 7.88. The van der Waals surface area contributed by atoms with Crippen LogP contribution in [0.4, 0.5) is 5.82 Å². The first kappa shape index (κ1) is 9.71. The zero-order chi connectivity index (χ0) is 9.68. The number of hydrogen-bond acceptors (Lipinski definition) is 3. The molecule has 1 aromatic rings. The number of nitrogens with two attached hydrogens (primary N) is 1. The predicted molar refractivity (Wildman–Crippen MR) is 55.0 cm³/mol. The van der Waals surface area contributed by atoms with E-state index in [1.165, 1.54) is 0 Å². The number of anilines is 1. The summed E-state index contributed by atoms with van der Waals surface area (Å²) in [4.78, 5) is 4.13. The molecule has 0 aromatic carbocycles. The van der Waals surface area contributed by atoms with Gasteiger partial charge in [-0.2, -0.15) is 0 Å². The van der Waals surface area contributed by atoms with Crippen molar-refractivity contribution in [3.05, 3.63) is 23.9 Å². The molecule has 0 atom stereocenters. The van der Waals surface area contributed by atoms with Crippen LogP contribution in [-0.4, -0.2) is 10.7 Å². The van der Waals surface area contributed by atoms with E-state index in [0.29, 0.717) is 12.2 Å². The summed E-state index contributed by atoms with van der Waals surface area (Å²) in [7, 11) is 0. The van der Waals surface area contributed by atoms with E-state index in [1.807, 2.05) is 12.1 Å². The molecule has 0 saturated carbocycles. The maximum atomic E-state index is 7.62. The van der Waals surface area contributed by atoms with Crippen LogP contribution in [0.15, 0.2) is 18.2 Å². The molecule has 1 rings (SSSR count). The van der Waals surface area contributed by atoms with Crippen LogP contribution in [0.5, 0.6) is 0 Å². The van der Waals surface area contributed by atoms with Gasteiger partial charge in [-0.3, -0.25) is 0 Å². The molecule has 0 saturated heterocycles. The SMILES string of the molecule is CCCC(=N)Cc1cccc(N)n1. The third-order valence-corrected chi connectivity index (χ3v) is 1.77. The van der Waals surface area contributed by atoms with Crippen molar-refractivity contribution in [3.8, 4) is 0 Å². The highest BCUT2D eigenvalue weighted by molar-refractivity contribution is 5.83. The normalized spacial score (nSPS) is 9.92. The molecule has 0 fully saturated rings. The Bertz CT molecular complexity index is 294. The molecule has 1 aromatic heterocycles. The van der Waals surface area contributed by atoms with E-state index in [4.69, 9.17) is 11.1 Å². The van der Waals surface area contributed by atoms with Crippen molar-refractivity contribution in [1.82, 2.24) is 4.98 Å². The second kappa shape index (κ2) is 4.60. The summed E-state index contributed by atoms with van der Waals surface area (Å²) in [6.07, 6.45) is 2.48. The van der Waals surface area contributed by atoms with Crippen molar-refractivity contribution in [1.29, 1.82) is 5.41 Å². The summed E-state index contributed by atoms with van der Waals surface area (Å²) in [6, 6.07) is 5.53. The van der Waals surface area contributed by atoms with E-state index >= 15 is 0 Å². The minimum absolute atomic E-state index is 0.529. The monoisotopic (exact) mass is 177 g/mol. The van der Waals surface area contributed by atoms with Crippen molar-refractivity contribution in [3.63, 3.8) is 0 Å². The summed E-state index contributed by atoms with van der Waals surface area (Å²) < 4.78 is 0. The van der Waals surface area contributed by atoms with Crippen molar-refractivity contribution in [2.24, 2.45) is 0 Å². The number of nitrogens with zero attached hydrogens (tertiary/aromatic N) is 1. The molecule has 0 aliphatic heterocycles. The van der Waals surface area contributed by atoms with Crippen LogP contribution in [0.25, 0.3) is 0 Å². The molecule has 0 bridgehead atoms. The largest absolute Gasteiger partial charge is 0.384 e. The molecule has 0 amide bonds. The number of hydrogen-bond donors (Lipinski definition) is 2. The first-order valence-electron chi connectivity index (χ1n) is 4.50. The molecule has 1 heterocycles. The van der Waals surface area contributed by atoms with Crippen LogP contribution in [-0.2, 0) is 6.42 Å². The quantitative estimate of drug-likeness (QED) is 0.691. The fourth-order valence-corrected chi connectivity index (χ4v) is 1.21. The van der Waals surface area contributed by atoms with Gasteiger partial charge in [-0.05, 0) is 18.6 Å². The summed E-state index contributed by atoms with van der Waals surface area (Å²) in [5, 5.41) is 7.62. The Hall–Kier alpha value is -1.38. The minimum atomic E-state index is 0.529. The fourth-order valence-electron chi connectivity index (χ4n) is 1.21. The lowest BCUT2D eigenvalue weighted by molar-refractivity contribution is 0.956. The average Bonchev–Trinajstić information content (AvgIpc) is 2.04. The van der Waals surface area contributed by atoms with Crippen molar-refractivity contribution in [2.75, 3.05) is 5.73 Å². The molecule has 0 aliphatic carbocycles. The number of pyridine rings is 1. The topological polar surface area (TPSA) is 62.8 Å². The van der Waals surface area contributed by atoms with Gasteiger partial charge in [-0.15, -0.1) is 0 Å². The van der Waals surface area contributed by atoms with E-state index in [1.54, 1.807) is 6.07 Å². The van der Waals surface area contributed by atoms with Crippen molar-refractivity contribution in [2.45, 2.75) is 26.2 Å². The van der Waals surface area contributed by atoms with Crippen LogP contribution >= 0.6 is 0 Å². The molecular weight excluding hydrogens is 162 g/mol. The maximum Gasteiger partial charge on any atom is 0.123 e.